The van der Waals surface area contributed by atoms with Crippen LogP contribution in [-0.4, -0.2) is 5.91 Å². The molecule has 0 bridgehead atoms. The van der Waals surface area contributed by atoms with E-state index in [0.29, 0.717) is 21.3 Å². The van der Waals surface area contributed by atoms with E-state index >= 15 is 0 Å². The molecule has 0 atom stereocenters. The summed E-state index contributed by atoms with van der Waals surface area (Å²) in [6, 6.07) is 12.6. The molecule has 20 heavy (non-hydrogen) atoms. The Kier molecular flexibility index (Phi) is 4.58. The van der Waals surface area contributed by atoms with E-state index in [1.54, 1.807) is 24.3 Å². The number of carbonyl (C=O) groups is 1. The lowest BCUT2D eigenvalue weighted by molar-refractivity contribution is 0.102. The van der Waals surface area contributed by atoms with E-state index in [2.05, 4.69) is 37.2 Å². The van der Waals surface area contributed by atoms with Gasteiger partial charge in [-0.05, 0) is 58.7 Å². The van der Waals surface area contributed by atoms with E-state index < -0.39 is 0 Å². The van der Waals surface area contributed by atoms with E-state index in [1.807, 2.05) is 25.1 Å². The summed E-state index contributed by atoms with van der Waals surface area (Å²) >= 11 is 6.70. The molecular weight excluding hydrogens is 384 g/mol. The lowest BCUT2D eigenvalue weighted by Gasteiger charge is -2.10. The summed E-state index contributed by atoms with van der Waals surface area (Å²) in [5.41, 5.74) is 2.67. The largest absolute Gasteiger partial charge is 0.321 e. The quantitative estimate of drug-likeness (QED) is 0.807. The van der Waals surface area contributed by atoms with E-state index in [4.69, 9.17) is 5.26 Å². The third-order valence-corrected chi connectivity index (χ3v) is 3.94. The monoisotopic (exact) mass is 392 g/mol. The van der Waals surface area contributed by atoms with Crippen molar-refractivity contribution in [3.63, 3.8) is 0 Å². The van der Waals surface area contributed by atoms with Crippen LogP contribution in [0.4, 0.5) is 5.69 Å². The van der Waals surface area contributed by atoms with Crippen LogP contribution in [0.5, 0.6) is 0 Å². The Labute approximate surface area is 133 Å². The fourth-order valence-corrected chi connectivity index (χ4v) is 2.55. The van der Waals surface area contributed by atoms with Gasteiger partial charge < -0.3 is 5.32 Å². The number of nitrogens with one attached hydrogen (secondary N) is 1. The molecule has 0 fully saturated rings. The number of anilines is 1. The van der Waals surface area contributed by atoms with Crippen LogP contribution in [0.15, 0.2) is 45.3 Å². The van der Waals surface area contributed by atoms with Crippen molar-refractivity contribution >= 4 is 43.5 Å². The van der Waals surface area contributed by atoms with Crippen molar-refractivity contribution in [3.05, 3.63) is 62.0 Å². The van der Waals surface area contributed by atoms with Gasteiger partial charge >= 0.3 is 0 Å². The Morgan fingerprint density at radius 3 is 2.60 bits per heavy atom. The number of benzene rings is 2. The van der Waals surface area contributed by atoms with Crippen molar-refractivity contribution in [2.45, 2.75) is 6.92 Å². The Morgan fingerprint density at radius 1 is 1.20 bits per heavy atom. The molecule has 5 heteroatoms. The number of hydrogen-bond acceptors (Lipinski definition) is 2. The van der Waals surface area contributed by atoms with E-state index in [0.717, 1.165) is 10.0 Å². The zero-order valence-corrected chi connectivity index (χ0v) is 13.7. The normalized spacial score (nSPS) is 9.90. The molecular formula is C15H10Br2N2O. The first-order valence-electron chi connectivity index (χ1n) is 5.78. The van der Waals surface area contributed by atoms with Gasteiger partial charge in [-0.1, -0.05) is 22.0 Å². The lowest BCUT2D eigenvalue weighted by Crippen LogP contribution is -2.13. The van der Waals surface area contributed by atoms with Crippen molar-refractivity contribution in [2.24, 2.45) is 0 Å². The maximum atomic E-state index is 12.3. The lowest BCUT2D eigenvalue weighted by atomic mass is 10.1. The molecule has 0 aliphatic carbocycles. The van der Waals surface area contributed by atoms with Crippen molar-refractivity contribution in [1.29, 1.82) is 5.26 Å². The summed E-state index contributed by atoms with van der Waals surface area (Å²) < 4.78 is 1.53. The first-order chi connectivity index (χ1) is 9.51. The predicted molar refractivity (Wildman–Crippen MR) is 85.7 cm³/mol. The van der Waals surface area contributed by atoms with Gasteiger partial charge in [0.2, 0.25) is 0 Å². The number of hydrogen-bond donors (Lipinski definition) is 1. The van der Waals surface area contributed by atoms with Crippen LogP contribution in [-0.2, 0) is 0 Å². The zero-order valence-electron chi connectivity index (χ0n) is 10.6. The highest BCUT2D eigenvalue weighted by Crippen LogP contribution is 2.25. The minimum atomic E-state index is -0.186. The highest BCUT2D eigenvalue weighted by Gasteiger charge is 2.11. The highest BCUT2D eigenvalue weighted by atomic mass is 79.9. The number of carbonyl (C=O) groups excluding carboxylic acids is 1. The van der Waals surface area contributed by atoms with Gasteiger partial charge in [0, 0.05) is 14.5 Å². The van der Waals surface area contributed by atoms with Gasteiger partial charge in [-0.3, -0.25) is 4.79 Å². The number of halogens is 2. The van der Waals surface area contributed by atoms with E-state index in [9.17, 15) is 4.79 Å². The van der Waals surface area contributed by atoms with E-state index in [-0.39, 0.29) is 5.91 Å². The summed E-state index contributed by atoms with van der Waals surface area (Å²) in [6.45, 7) is 1.88. The topological polar surface area (TPSA) is 52.9 Å². The SMILES string of the molecule is Cc1ccc(Br)cc1C(=O)Nc1ccc(C#N)cc1Br. The van der Waals surface area contributed by atoms with Crippen LogP contribution in [0.1, 0.15) is 21.5 Å². The van der Waals surface area contributed by atoms with Gasteiger partial charge in [0.1, 0.15) is 0 Å². The van der Waals surface area contributed by atoms with Crippen LogP contribution >= 0.6 is 31.9 Å². The number of aryl methyl sites for hydroxylation is 1. The summed E-state index contributed by atoms with van der Waals surface area (Å²) in [4.78, 5) is 12.3. The number of nitriles is 1. The first kappa shape index (κ1) is 14.8. The molecule has 3 nitrogen and oxygen atoms in total. The zero-order chi connectivity index (χ0) is 14.7. The number of nitrogens with zero attached hydrogens (tertiary/aromatic N) is 1. The van der Waals surface area contributed by atoms with Crippen LogP contribution in [0.2, 0.25) is 0 Å². The smallest absolute Gasteiger partial charge is 0.255 e. The molecule has 0 unspecified atom stereocenters. The minimum Gasteiger partial charge on any atom is -0.321 e. The van der Waals surface area contributed by atoms with Gasteiger partial charge in [0.25, 0.3) is 5.91 Å². The first-order valence-corrected chi connectivity index (χ1v) is 7.37. The number of rotatable bonds is 2. The molecule has 1 N–H and O–H groups in total. The molecule has 2 rings (SSSR count). The summed E-state index contributed by atoms with van der Waals surface area (Å²) in [5, 5.41) is 11.6. The molecule has 0 aromatic heterocycles. The molecule has 0 saturated heterocycles. The molecule has 1 amide bonds. The van der Waals surface area contributed by atoms with Crippen LogP contribution < -0.4 is 5.32 Å². The second-order valence-corrected chi connectivity index (χ2v) is 5.99. The molecule has 0 radical (unpaired) electrons. The van der Waals surface area contributed by atoms with Crippen molar-refractivity contribution < 1.29 is 4.79 Å². The third kappa shape index (κ3) is 3.27. The Balaban J connectivity index is 2.28. The summed E-state index contributed by atoms with van der Waals surface area (Å²) in [7, 11) is 0. The second-order valence-electron chi connectivity index (χ2n) is 4.22. The summed E-state index contributed by atoms with van der Waals surface area (Å²) in [6.07, 6.45) is 0. The molecule has 0 heterocycles. The highest BCUT2D eigenvalue weighted by molar-refractivity contribution is 9.10. The average molecular weight is 394 g/mol. The summed E-state index contributed by atoms with van der Waals surface area (Å²) in [5.74, 6) is -0.186. The minimum absolute atomic E-state index is 0.186. The van der Waals surface area contributed by atoms with Crippen LogP contribution in [0, 0.1) is 18.3 Å². The van der Waals surface area contributed by atoms with Gasteiger partial charge in [0.05, 0.1) is 17.3 Å². The van der Waals surface area contributed by atoms with Gasteiger partial charge in [-0.25, -0.2) is 0 Å². The molecule has 0 saturated carbocycles. The Bertz CT molecular complexity index is 720. The number of amides is 1. The Morgan fingerprint density at radius 2 is 1.95 bits per heavy atom. The van der Waals surface area contributed by atoms with Gasteiger partial charge in [-0.2, -0.15) is 5.26 Å². The molecule has 0 aliphatic rings. The van der Waals surface area contributed by atoms with Crippen molar-refractivity contribution in [2.75, 3.05) is 5.32 Å². The fourth-order valence-electron chi connectivity index (χ4n) is 1.71. The van der Waals surface area contributed by atoms with Crippen molar-refractivity contribution in [1.82, 2.24) is 0 Å². The molecule has 0 aliphatic heterocycles. The Hall–Kier alpha value is -1.64. The fraction of sp³-hybridized carbons (Fsp3) is 0.0667. The van der Waals surface area contributed by atoms with Crippen LogP contribution in [0.3, 0.4) is 0 Å². The molecule has 0 spiro atoms. The molecule has 2 aromatic carbocycles. The van der Waals surface area contributed by atoms with Gasteiger partial charge in [-0.15, -0.1) is 0 Å². The standard InChI is InChI=1S/C15H10Br2N2O/c1-9-2-4-11(16)7-12(9)15(20)19-14-5-3-10(8-18)6-13(14)17/h2-7H,1H3,(H,19,20). The molecule has 2 aromatic rings. The average Bonchev–Trinajstić information content (AvgIpc) is 2.43. The van der Waals surface area contributed by atoms with E-state index in [1.165, 1.54) is 0 Å². The third-order valence-electron chi connectivity index (χ3n) is 2.79. The predicted octanol–water partition coefficient (Wildman–Crippen LogP) is 4.64. The maximum Gasteiger partial charge on any atom is 0.255 e. The molecule has 100 valence electrons. The maximum absolute atomic E-state index is 12.3. The van der Waals surface area contributed by atoms with Gasteiger partial charge in [0.15, 0.2) is 0 Å². The van der Waals surface area contributed by atoms with Crippen molar-refractivity contribution in [3.8, 4) is 6.07 Å². The van der Waals surface area contributed by atoms with Crippen LogP contribution in [0.25, 0.3) is 0 Å². The second kappa shape index (κ2) is 6.21.